The SMILES string of the molecule is COc1ccc([Si](C)C)c(C#Cc2cc(OC)ccc2[Si](C)C)c1. The quantitative estimate of drug-likeness (QED) is 0.622. The average molecular weight is 353 g/mol. The molecule has 0 aliphatic rings. The van der Waals surface area contributed by atoms with Crippen LogP contribution in [0.1, 0.15) is 11.1 Å². The van der Waals surface area contributed by atoms with Gasteiger partial charge in [-0.25, -0.2) is 0 Å². The van der Waals surface area contributed by atoms with E-state index >= 15 is 0 Å². The Balaban J connectivity index is 2.53. The minimum absolute atomic E-state index is 0.585. The number of hydrogen-bond acceptors (Lipinski definition) is 2. The largest absolute Gasteiger partial charge is 0.497 e. The van der Waals surface area contributed by atoms with Crippen molar-refractivity contribution in [2.24, 2.45) is 0 Å². The van der Waals surface area contributed by atoms with Crippen molar-refractivity contribution in [3.8, 4) is 23.3 Å². The molecule has 0 aliphatic heterocycles. The first-order valence-electron chi connectivity index (χ1n) is 7.95. The molecule has 0 aliphatic carbocycles. The van der Waals surface area contributed by atoms with Gasteiger partial charge in [0.05, 0.1) is 31.8 Å². The predicted octanol–water partition coefficient (Wildman–Crippen LogP) is 3.03. The van der Waals surface area contributed by atoms with Gasteiger partial charge in [-0.3, -0.25) is 0 Å². The molecule has 0 heterocycles. The summed E-state index contributed by atoms with van der Waals surface area (Å²) in [7, 11) is 2.22. The molecule has 4 heteroatoms. The van der Waals surface area contributed by atoms with E-state index in [1.165, 1.54) is 10.4 Å². The van der Waals surface area contributed by atoms with E-state index in [4.69, 9.17) is 9.47 Å². The first-order chi connectivity index (χ1) is 11.5. The highest BCUT2D eigenvalue weighted by atomic mass is 28.3. The molecule has 0 spiro atoms. The van der Waals surface area contributed by atoms with Gasteiger partial charge in [0.25, 0.3) is 0 Å². The molecule has 2 aromatic rings. The Morgan fingerprint density at radius 2 is 1.04 bits per heavy atom. The molecule has 24 heavy (non-hydrogen) atoms. The third-order valence-electron chi connectivity index (χ3n) is 3.86. The van der Waals surface area contributed by atoms with Gasteiger partial charge in [-0.05, 0) is 34.6 Å². The first kappa shape index (κ1) is 18.4. The predicted molar refractivity (Wildman–Crippen MR) is 106 cm³/mol. The van der Waals surface area contributed by atoms with E-state index in [1.54, 1.807) is 14.2 Å². The standard InChI is InChI=1S/C20H24O2Si2/c1-21-17-9-11-19(23(3)4)15(13-17)7-8-16-14-18(22-2)10-12-20(16)24(5)6/h9-14H,1-6H3. The Morgan fingerprint density at radius 1 is 0.667 bits per heavy atom. The minimum atomic E-state index is -0.585. The van der Waals surface area contributed by atoms with Crippen LogP contribution in [0.5, 0.6) is 11.5 Å². The van der Waals surface area contributed by atoms with Gasteiger partial charge >= 0.3 is 0 Å². The second-order valence-electron chi connectivity index (χ2n) is 6.07. The molecule has 0 fully saturated rings. The summed E-state index contributed by atoms with van der Waals surface area (Å²) in [6.07, 6.45) is 0. The van der Waals surface area contributed by atoms with Crippen LogP contribution in [0.25, 0.3) is 0 Å². The van der Waals surface area contributed by atoms with E-state index in [0.29, 0.717) is 0 Å². The van der Waals surface area contributed by atoms with Crippen LogP contribution in [-0.4, -0.2) is 31.8 Å². The van der Waals surface area contributed by atoms with Gasteiger partial charge in [0.15, 0.2) is 0 Å². The normalized spacial score (nSPS) is 10.5. The van der Waals surface area contributed by atoms with Crippen molar-refractivity contribution >= 4 is 28.0 Å². The molecule has 0 unspecified atom stereocenters. The highest BCUT2D eigenvalue weighted by Crippen LogP contribution is 2.13. The fourth-order valence-corrected chi connectivity index (χ4v) is 4.69. The zero-order valence-electron chi connectivity index (χ0n) is 15.3. The lowest BCUT2D eigenvalue weighted by molar-refractivity contribution is 0.414. The van der Waals surface area contributed by atoms with Crippen LogP contribution in [0.2, 0.25) is 26.2 Å². The Labute approximate surface area is 149 Å². The molecular weight excluding hydrogens is 328 g/mol. The Hall–Kier alpha value is -1.97. The van der Waals surface area contributed by atoms with Crippen LogP contribution in [0.3, 0.4) is 0 Å². The van der Waals surface area contributed by atoms with E-state index in [9.17, 15) is 0 Å². The summed E-state index contributed by atoms with van der Waals surface area (Å²) in [5.41, 5.74) is 2.14. The molecule has 0 atom stereocenters. The zero-order chi connectivity index (χ0) is 17.7. The Bertz CT molecular complexity index is 707. The second kappa shape index (κ2) is 8.23. The molecule has 0 bridgehead atoms. The van der Waals surface area contributed by atoms with Gasteiger partial charge in [-0.15, -0.1) is 0 Å². The maximum Gasteiger partial charge on any atom is 0.120 e. The summed E-state index contributed by atoms with van der Waals surface area (Å²) in [5, 5.41) is 2.69. The monoisotopic (exact) mass is 352 g/mol. The third kappa shape index (κ3) is 4.31. The van der Waals surface area contributed by atoms with Crippen molar-refractivity contribution in [1.82, 2.24) is 0 Å². The fourth-order valence-electron chi connectivity index (χ4n) is 2.51. The van der Waals surface area contributed by atoms with Crippen LogP contribution in [0.15, 0.2) is 36.4 Å². The summed E-state index contributed by atoms with van der Waals surface area (Å²) in [5.74, 6) is 8.49. The maximum atomic E-state index is 5.37. The lowest BCUT2D eigenvalue weighted by Gasteiger charge is -2.10. The number of hydrogen-bond donors (Lipinski definition) is 0. The summed E-state index contributed by atoms with van der Waals surface area (Å²) in [6.45, 7) is 9.14. The van der Waals surface area contributed by atoms with Gasteiger partial charge < -0.3 is 9.47 Å². The molecule has 0 saturated carbocycles. The minimum Gasteiger partial charge on any atom is -0.497 e. The van der Waals surface area contributed by atoms with Gasteiger partial charge in [0, 0.05) is 11.1 Å². The Morgan fingerprint density at radius 3 is 1.33 bits per heavy atom. The molecule has 124 valence electrons. The van der Waals surface area contributed by atoms with E-state index in [-0.39, 0.29) is 0 Å². The molecule has 0 aromatic heterocycles. The van der Waals surface area contributed by atoms with Crippen molar-refractivity contribution < 1.29 is 9.47 Å². The summed E-state index contributed by atoms with van der Waals surface area (Å²) >= 11 is 0. The molecule has 0 saturated heterocycles. The van der Waals surface area contributed by atoms with E-state index in [1.807, 2.05) is 24.3 Å². The maximum absolute atomic E-state index is 5.37. The zero-order valence-corrected chi connectivity index (χ0v) is 17.3. The molecule has 2 nitrogen and oxygen atoms in total. The van der Waals surface area contributed by atoms with Gasteiger partial charge in [-0.1, -0.05) is 50.2 Å². The molecule has 0 N–H and O–H groups in total. The van der Waals surface area contributed by atoms with E-state index < -0.39 is 17.6 Å². The van der Waals surface area contributed by atoms with Gasteiger partial charge in [0.1, 0.15) is 11.5 Å². The number of methoxy groups -OCH3 is 2. The van der Waals surface area contributed by atoms with Gasteiger partial charge in [0.2, 0.25) is 0 Å². The number of rotatable bonds is 4. The van der Waals surface area contributed by atoms with Crippen LogP contribution < -0.4 is 19.8 Å². The molecule has 2 radical (unpaired) electrons. The highest BCUT2D eigenvalue weighted by Gasteiger charge is 2.10. The van der Waals surface area contributed by atoms with Crippen LogP contribution in [-0.2, 0) is 0 Å². The number of ether oxygens (including phenoxy) is 2. The van der Waals surface area contributed by atoms with Crippen molar-refractivity contribution in [3.05, 3.63) is 47.5 Å². The van der Waals surface area contributed by atoms with Crippen molar-refractivity contribution in [3.63, 3.8) is 0 Å². The van der Waals surface area contributed by atoms with Crippen LogP contribution in [0, 0.1) is 11.8 Å². The lowest BCUT2D eigenvalue weighted by Crippen LogP contribution is -2.26. The molecule has 0 amide bonds. The van der Waals surface area contributed by atoms with Gasteiger partial charge in [-0.2, -0.15) is 0 Å². The van der Waals surface area contributed by atoms with Crippen molar-refractivity contribution in [2.75, 3.05) is 14.2 Å². The lowest BCUT2D eigenvalue weighted by atomic mass is 10.1. The fraction of sp³-hybridized carbons (Fsp3) is 0.300. The average Bonchev–Trinajstić information content (AvgIpc) is 2.58. The second-order valence-corrected chi connectivity index (χ2v) is 11.2. The topological polar surface area (TPSA) is 18.5 Å². The smallest absolute Gasteiger partial charge is 0.120 e. The highest BCUT2D eigenvalue weighted by molar-refractivity contribution is 6.71. The summed E-state index contributed by atoms with van der Waals surface area (Å²) in [4.78, 5) is 0. The summed E-state index contributed by atoms with van der Waals surface area (Å²) in [6, 6.07) is 12.4. The van der Waals surface area contributed by atoms with Crippen LogP contribution >= 0.6 is 0 Å². The summed E-state index contributed by atoms with van der Waals surface area (Å²) < 4.78 is 10.7. The first-order valence-corrected chi connectivity index (χ1v) is 13.0. The van der Waals surface area contributed by atoms with Crippen LogP contribution in [0.4, 0.5) is 0 Å². The Kier molecular flexibility index (Phi) is 6.30. The molecule has 2 aromatic carbocycles. The molecular formula is C20H24O2Si2. The van der Waals surface area contributed by atoms with E-state index in [0.717, 1.165) is 22.6 Å². The number of benzene rings is 2. The van der Waals surface area contributed by atoms with E-state index in [2.05, 4.69) is 50.2 Å². The molecule has 2 rings (SSSR count). The van der Waals surface area contributed by atoms with Crippen molar-refractivity contribution in [1.29, 1.82) is 0 Å². The van der Waals surface area contributed by atoms with Crippen molar-refractivity contribution in [2.45, 2.75) is 26.2 Å². The third-order valence-corrected chi connectivity index (χ3v) is 6.89.